The van der Waals surface area contributed by atoms with Crippen LogP contribution in [0.5, 0.6) is 0 Å². The second kappa shape index (κ2) is 10.4. The summed E-state index contributed by atoms with van der Waals surface area (Å²) in [6.07, 6.45) is 7.23. The first-order valence-electron chi connectivity index (χ1n) is 6.82. The van der Waals surface area contributed by atoms with Crippen molar-refractivity contribution in [3.05, 3.63) is 0 Å². The van der Waals surface area contributed by atoms with Crippen LogP contribution in [0.1, 0.15) is 59.3 Å². The van der Waals surface area contributed by atoms with Crippen molar-refractivity contribution in [1.29, 1.82) is 0 Å². The Balaban J connectivity index is 3.44. The van der Waals surface area contributed by atoms with Crippen molar-refractivity contribution in [2.75, 3.05) is 6.54 Å². The van der Waals surface area contributed by atoms with Gasteiger partial charge in [-0.3, -0.25) is 0 Å². The van der Waals surface area contributed by atoms with Crippen LogP contribution in [0, 0.1) is 5.92 Å². The summed E-state index contributed by atoms with van der Waals surface area (Å²) in [4.78, 5) is 0. The molecule has 0 spiro atoms. The fourth-order valence-corrected chi connectivity index (χ4v) is 1.84. The molecule has 17 heavy (non-hydrogen) atoms. The van der Waals surface area contributed by atoms with Crippen LogP contribution in [0.25, 0.3) is 0 Å². The monoisotopic (exact) mass is 243 g/mol. The van der Waals surface area contributed by atoms with Crippen LogP contribution in [0.2, 0.25) is 0 Å². The molecule has 1 unspecified atom stereocenters. The first kappa shape index (κ1) is 16.2. The van der Waals surface area contributed by atoms with Gasteiger partial charge in [-0.1, -0.05) is 51.6 Å². The van der Waals surface area contributed by atoms with Crippen molar-refractivity contribution < 1.29 is 5.21 Å². The maximum Gasteiger partial charge on any atom is 0.156 e. The zero-order valence-corrected chi connectivity index (χ0v) is 11.6. The van der Waals surface area contributed by atoms with Gasteiger partial charge >= 0.3 is 0 Å². The molecule has 0 aromatic rings. The zero-order valence-electron chi connectivity index (χ0n) is 11.6. The minimum absolute atomic E-state index is 0.00987. The highest BCUT2D eigenvalue weighted by molar-refractivity contribution is 5.85. The number of nitrogens with one attached hydrogen (secondary N) is 1. The van der Waals surface area contributed by atoms with E-state index in [9.17, 15) is 0 Å². The summed E-state index contributed by atoms with van der Waals surface area (Å²) in [5.41, 5.74) is 5.56. The molecule has 0 heterocycles. The normalized spacial score (nSPS) is 14.2. The topological polar surface area (TPSA) is 70.6 Å². The quantitative estimate of drug-likeness (QED) is 0.182. The third kappa shape index (κ3) is 8.98. The second-order valence-electron chi connectivity index (χ2n) is 5.04. The predicted molar refractivity (Wildman–Crippen MR) is 73.4 cm³/mol. The minimum Gasteiger partial charge on any atom is -0.409 e. The van der Waals surface area contributed by atoms with Crippen LogP contribution in [0.15, 0.2) is 5.16 Å². The van der Waals surface area contributed by atoms with E-state index in [0.717, 1.165) is 25.3 Å². The van der Waals surface area contributed by atoms with Crippen LogP contribution >= 0.6 is 0 Å². The van der Waals surface area contributed by atoms with E-state index in [-0.39, 0.29) is 11.9 Å². The third-order valence-corrected chi connectivity index (χ3v) is 2.98. The molecule has 0 radical (unpaired) electrons. The molecule has 0 amide bonds. The predicted octanol–water partition coefficient (Wildman–Crippen LogP) is 2.71. The SMILES string of the molecule is CCC(NCCCCCCC(C)C)C(N)=NO. The van der Waals surface area contributed by atoms with E-state index in [1.54, 1.807) is 0 Å². The van der Waals surface area contributed by atoms with E-state index in [1.165, 1.54) is 25.7 Å². The molecule has 0 aromatic heterocycles. The Bertz CT molecular complexity index is 205. The molecule has 4 nitrogen and oxygen atoms in total. The number of unbranched alkanes of at least 4 members (excludes halogenated alkanes) is 3. The van der Waals surface area contributed by atoms with Gasteiger partial charge in [-0.2, -0.15) is 0 Å². The van der Waals surface area contributed by atoms with Gasteiger partial charge in [-0.25, -0.2) is 0 Å². The Morgan fingerprint density at radius 2 is 1.88 bits per heavy atom. The van der Waals surface area contributed by atoms with Crippen molar-refractivity contribution in [2.24, 2.45) is 16.8 Å². The number of amidine groups is 1. The number of nitrogens with zero attached hydrogens (tertiary/aromatic N) is 1. The van der Waals surface area contributed by atoms with Crippen LogP contribution in [-0.4, -0.2) is 23.6 Å². The standard InChI is InChI=1S/C13H29N3O/c1-4-12(13(14)16-17)15-10-8-6-5-7-9-11(2)3/h11-12,15,17H,4-10H2,1-3H3,(H2,14,16). The average molecular weight is 243 g/mol. The fourth-order valence-electron chi connectivity index (χ4n) is 1.84. The Kier molecular flexibility index (Phi) is 9.92. The lowest BCUT2D eigenvalue weighted by Gasteiger charge is -2.15. The molecule has 4 N–H and O–H groups in total. The largest absolute Gasteiger partial charge is 0.409 e. The Morgan fingerprint density at radius 1 is 1.24 bits per heavy atom. The molecule has 0 saturated carbocycles. The molecule has 4 heteroatoms. The summed E-state index contributed by atoms with van der Waals surface area (Å²) in [7, 11) is 0. The Labute approximate surface area is 106 Å². The zero-order chi connectivity index (χ0) is 13.1. The molecule has 0 aliphatic heterocycles. The van der Waals surface area contributed by atoms with Gasteiger partial charge in [0.25, 0.3) is 0 Å². The smallest absolute Gasteiger partial charge is 0.156 e. The van der Waals surface area contributed by atoms with Crippen LogP contribution < -0.4 is 11.1 Å². The molecule has 0 saturated heterocycles. The summed E-state index contributed by atoms with van der Waals surface area (Å²) in [6.45, 7) is 7.50. The summed E-state index contributed by atoms with van der Waals surface area (Å²) < 4.78 is 0. The first-order valence-corrected chi connectivity index (χ1v) is 6.82. The van der Waals surface area contributed by atoms with E-state index in [1.807, 2.05) is 6.92 Å². The van der Waals surface area contributed by atoms with Crippen LogP contribution in [-0.2, 0) is 0 Å². The van der Waals surface area contributed by atoms with E-state index in [0.29, 0.717) is 0 Å². The molecule has 0 bridgehead atoms. The van der Waals surface area contributed by atoms with Gasteiger partial charge in [0.05, 0.1) is 6.04 Å². The molecular weight excluding hydrogens is 214 g/mol. The number of oxime groups is 1. The minimum atomic E-state index is 0.00987. The van der Waals surface area contributed by atoms with Gasteiger partial charge in [0.1, 0.15) is 0 Å². The molecule has 102 valence electrons. The van der Waals surface area contributed by atoms with Crippen molar-refractivity contribution in [2.45, 2.75) is 65.3 Å². The van der Waals surface area contributed by atoms with Gasteiger partial charge in [0, 0.05) is 0 Å². The number of nitrogens with two attached hydrogens (primary N) is 1. The van der Waals surface area contributed by atoms with Gasteiger partial charge in [-0.15, -0.1) is 0 Å². The maximum absolute atomic E-state index is 8.58. The third-order valence-electron chi connectivity index (χ3n) is 2.98. The van der Waals surface area contributed by atoms with Gasteiger partial charge in [0.15, 0.2) is 5.84 Å². The summed E-state index contributed by atoms with van der Waals surface area (Å²) >= 11 is 0. The maximum atomic E-state index is 8.58. The van der Waals surface area contributed by atoms with Crippen molar-refractivity contribution >= 4 is 5.84 Å². The van der Waals surface area contributed by atoms with E-state index in [4.69, 9.17) is 10.9 Å². The molecule has 0 fully saturated rings. The lowest BCUT2D eigenvalue weighted by atomic mass is 10.0. The van der Waals surface area contributed by atoms with Gasteiger partial charge < -0.3 is 16.3 Å². The molecule has 0 aromatic carbocycles. The number of rotatable bonds is 10. The summed E-state index contributed by atoms with van der Waals surface area (Å²) in [5.74, 6) is 1.10. The van der Waals surface area contributed by atoms with E-state index >= 15 is 0 Å². The number of hydrogen-bond donors (Lipinski definition) is 3. The van der Waals surface area contributed by atoms with Crippen molar-refractivity contribution in [1.82, 2.24) is 5.32 Å². The molecular formula is C13H29N3O. The molecule has 1 atom stereocenters. The Hall–Kier alpha value is -0.770. The molecule has 0 aliphatic carbocycles. The highest BCUT2D eigenvalue weighted by atomic mass is 16.4. The Morgan fingerprint density at radius 3 is 2.41 bits per heavy atom. The lowest BCUT2D eigenvalue weighted by Crippen LogP contribution is -2.41. The first-order chi connectivity index (χ1) is 8.11. The lowest BCUT2D eigenvalue weighted by molar-refractivity contribution is 0.314. The van der Waals surface area contributed by atoms with E-state index < -0.39 is 0 Å². The second-order valence-corrected chi connectivity index (χ2v) is 5.04. The van der Waals surface area contributed by atoms with Gasteiger partial charge in [-0.05, 0) is 25.3 Å². The number of hydrogen-bond acceptors (Lipinski definition) is 3. The fraction of sp³-hybridized carbons (Fsp3) is 0.923. The van der Waals surface area contributed by atoms with Crippen LogP contribution in [0.3, 0.4) is 0 Å². The van der Waals surface area contributed by atoms with Crippen LogP contribution in [0.4, 0.5) is 0 Å². The van der Waals surface area contributed by atoms with Crippen molar-refractivity contribution in [3.63, 3.8) is 0 Å². The highest BCUT2D eigenvalue weighted by Gasteiger charge is 2.09. The highest BCUT2D eigenvalue weighted by Crippen LogP contribution is 2.09. The van der Waals surface area contributed by atoms with Gasteiger partial charge in [0.2, 0.25) is 0 Å². The molecule has 0 aliphatic rings. The van der Waals surface area contributed by atoms with E-state index in [2.05, 4.69) is 24.3 Å². The summed E-state index contributed by atoms with van der Waals surface area (Å²) in [5, 5.41) is 14.9. The average Bonchev–Trinajstić information content (AvgIpc) is 2.31. The van der Waals surface area contributed by atoms with Crippen molar-refractivity contribution in [3.8, 4) is 0 Å². The summed E-state index contributed by atoms with van der Waals surface area (Å²) in [6, 6.07) is 0.00987. The molecule has 0 rings (SSSR count).